The lowest BCUT2D eigenvalue weighted by Crippen LogP contribution is -2.34. The van der Waals surface area contributed by atoms with Gasteiger partial charge >= 0.3 is 0 Å². The molecule has 0 unspecified atom stereocenters. The lowest BCUT2D eigenvalue weighted by molar-refractivity contribution is 0.0986. The molecule has 0 atom stereocenters. The second kappa shape index (κ2) is 14.4. The summed E-state index contributed by atoms with van der Waals surface area (Å²) in [7, 11) is 0.0358. The molecule has 1 heterocycles. The molecule has 3 aromatic rings. The average molecular weight is 589 g/mol. The first-order chi connectivity index (χ1) is 18.1. The van der Waals surface area contributed by atoms with Crippen LogP contribution in [0.5, 0.6) is 0 Å². The topological polar surface area (TPSA) is 121 Å². The maximum absolute atomic E-state index is 13.7. The molecule has 0 radical (unpaired) electrons. The zero-order valence-corrected chi connectivity index (χ0v) is 25.0. The van der Waals surface area contributed by atoms with Crippen LogP contribution in [0.15, 0.2) is 41.3 Å². The first-order valence-electron chi connectivity index (χ1n) is 12.3. The van der Waals surface area contributed by atoms with Crippen LogP contribution < -0.4 is 4.90 Å². The van der Waals surface area contributed by atoms with Crippen molar-refractivity contribution in [3.63, 3.8) is 0 Å². The quantitative estimate of drug-likeness (QED) is 0.299. The minimum Gasteiger partial charge on any atom is -0.309 e. The van der Waals surface area contributed by atoms with Gasteiger partial charge in [-0.2, -0.15) is 14.8 Å². The fourth-order valence-corrected chi connectivity index (χ4v) is 6.57. The van der Waals surface area contributed by atoms with E-state index in [1.54, 1.807) is 4.90 Å². The van der Waals surface area contributed by atoms with Gasteiger partial charge < -0.3 is 4.90 Å². The van der Waals surface area contributed by atoms with Crippen molar-refractivity contribution in [1.82, 2.24) is 14.2 Å². The van der Waals surface area contributed by atoms with Crippen molar-refractivity contribution < 1.29 is 13.2 Å². The predicted octanol–water partition coefficient (Wildman–Crippen LogP) is 4.75. The number of carbonyl (C=O) groups excluding carboxylic acids is 1. The molecule has 1 amide bonds. The Labute approximate surface area is 240 Å². The molecule has 2 aromatic carbocycles. The predicted molar refractivity (Wildman–Crippen MR) is 157 cm³/mol. The van der Waals surface area contributed by atoms with Crippen molar-refractivity contribution in [2.45, 2.75) is 38.0 Å². The highest BCUT2D eigenvalue weighted by atomic mass is 35.5. The molecule has 3 rings (SSSR count). The Balaban J connectivity index is 0.00000533. The number of fused-ring (bicyclic) bond motifs is 1. The largest absolute Gasteiger partial charge is 0.309 e. The molecule has 0 N–H and O–H groups in total. The summed E-state index contributed by atoms with van der Waals surface area (Å²) in [6, 6.07) is 13.8. The van der Waals surface area contributed by atoms with Crippen molar-refractivity contribution in [3.8, 4) is 12.1 Å². The number of sulfonamides is 1. The van der Waals surface area contributed by atoms with E-state index in [-0.39, 0.29) is 49.1 Å². The van der Waals surface area contributed by atoms with E-state index in [0.717, 1.165) is 38.6 Å². The third-order valence-electron chi connectivity index (χ3n) is 5.96. The molecule has 0 aliphatic heterocycles. The highest BCUT2D eigenvalue weighted by Gasteiger charge is 2.26. The zero-order chi connectivity index (χ0) is 27.9. The van der Waals surface area contributed by atoms with E-state index in [2.05, 4.69) is 11.0 Å². The van der Waals surface area contributed by atoms with Crippen molar-refractivity contribution in [1.29, 1.82) is 10.5 Å². The van der Waals surface area contributed by atoms with Gasteiger partial charge in [0.25, 0.3) is 5.91 Å². The van der Waals surface area contributed by atoms with E-state index in [4.69, 9.17) is 15.5 Å². The normalized spacial score (nSPS) is 11.3. The number of nitriles is 2. The Bertz CT molecular complexity index is 1460. The second-order valence-electron chi connectivity index (χ2n) is 9.28. The third-order valence-corrected chi connectivity index (χ3v) is 9.10. The molecule has 9 nitrogen and oxygen atoms in total. The number of benzene rings is 2. The fraction of sp³-hybridized carbons (Fsp3) is 0.407. The number of hydrogen-bond donors (Lipinski definition) is 0. The van der Waals surface area contributed by atoms with Gasteiger partial charge in [-0.3, -0.25) is 9.69 Å². The maximum atomic E-state index is 13.7. The van der Waals surface area contributed by atoms with Crippen molar-refractivity contribution in [2.75, 3.05) is 45.2 Å². The van der Waals surface area contributed by atoms with E-state index in [9.17, 15) is 13.2 Å². The van der Waals surface area contributed by atoms with Crippen molar-refractivity contribution in [3.05, 3.63) is 53.1 Å². The number of aromatic nitrogens is 1. The van der Waals surface area contributed by atoms with Crippen LogP contribution >= 0.6 is 23.7 Å². The number of anilines is 1. The number of amides is 1. The lowest BCUT2D eigenvalue weighted by Gasteiger charge is -2.22. The summed E-state index contributed by atoms with van der Waals surface area (Å²) in [6.07, 6.45) is 0.778. The number of thiazole rings is 1. The summed E-state index contributed by atoms with van der Waals surface area (Å²) in [4.78, 5) is 22.2. The fourth-order valence-electron chi connectivity index (χ4n) is 4.09. The SMILES string of the molecule is Cc1cc(C)c2sc(N(CCCN(C)C)C(=O)c3ccc(S(=O)(=O)N(CCC#N)CCC#N)cc3)nc2c1.Cl. The zero-order valence-electron chi connectivity index (χ0n) is 22.5. The molecule has 0 aliphatic rings. The molecular weight excluding hydrogens is 556 g/mol. The number of aryl methyl sites for hydroxylation is 2. The maximum Gasteiger partial charge on any atom is 0.260 e. The third kappa shape index (κ3) is 7.98. The van der Waals surface area contributed by atoms with E-state index in [1.165, 1.54) is 35.6 Å². The number of nitrogens with zero attached hydrogens (tertiary/aromatic N) is 6. The number of carbonyl (C=O) groups is 1. The number of halogens is 1. The molecule has 0 saturated carbocycles. The molecule has 1 aromatic heterocycles. The Kier molecular flexibility index (Phi) is 11.8. The smallest absolute Gasteiger partial charge is 0.260 e. The number of hydrogen-bond acceptors (Lipinski definition) is 8. The van der Waals surface area contributed by atoms with Crippen LogP contribution in [0.25, 0.3) is 10.2 Å². The van der Waals surface area contributed by atoms with Crippen LogP contribution in [0.1, 0.15) is 40.7 Å². The molecule has 0 saturated heterocycles. The van der Waals surface area contributed by atoms with Gasteiger partial charge in [0.2, 0.25) is 10.0 Å². The van der Waals surface area contributed by atoms with Gasteiger partial charge in [-0.1, -0.05) is 17.4 Å². The van der Waals surface area contributed by atoms with Crippen LogP contribution in [0, 0.1) is 36.5 Å². The summed E-state index contributed by atoms with van der Waals surface area (Å²) in [5.74, 6) is -0.257. The minimum absolute atomic E-state index is 0. The lowest BCUT2D eigenvalue weighted by atomic mass is 10.1. The van der Waals surface area contributed by atoms with Crippen LogP contribution in [0.2, 0.25) is 0 Å². The summed E-state index contributed by atoms with van der Waals surface area (Å²) < 4.78 is 28.5. The van der Waals surface area contributed by atoms with Crippen LogP contribution in [-0.2, 0) is 10.0 Å². The molecule has 39 heavy (non-hydrogen) atoms. The van der Waals surface area contributed by atoms with Gasteiger partial charge in [-0.15, -0.1) is 12.4 Å². The molecular formula is C27H33ClN6O3S2. The van der Waals surface area contributed by atoms with Gasteiger partial charge in [0.05, 0.1) is 27.3 Å². The average Bonchev–Trinajstić information content (AvgIpc) is 3.30. The van der Waals surface area contributed by atoms with E-state index < -0.39 is 10.0 Å². The van der Waals surface area contributed by atoms with E-state index >= 15 is 0 Å². The summed E-state index contributed by atoms with van der Waals surface area (Å²) in [5.41, 5.74) is 3.41. The molecule has 0 bridgehead atoms. The highest BCUT2D eigenvalue weighted by Crippen LogP contribution is 2.33. The van der Waals surface area contributed by atoms with Crippen molar-refractivity contribution >= 4 is 55.0 Å². The Morgan fingerprint density at radius 3 is 2.15 bits per heavy atom. The monoisotopic (exact) mass is 588 g/mol. The van der Waals surface area contributed by atoms with Gasteiger partial charge in [0, 0.05) is 38.0 Å². The standard InChI is InChI=1S/C27H32N6O3S2.ClH/c1-20-18-21(2)25-24(19-20)30-27(37-25)33(17-7-14-31(3)4)26(34)22-8-10-23(11-9-22)38(35,36)32(15-5-12-28)16-6-13-29;/h8-11,18-19H,5-7,14-17H2,1-4H3;1H. The van der Waals surface area contributed by atoms with Gasteiger partial charge in [0.1, 0.15) is 0 Å². The van der Waals surface area contributed by atoms with Crippen LogP contribution in [0.4, 0.5) is 5.13 Å². The van der Waals surface area contributed by atoms with Crippen molar-refractivity contribution in [2.24, 2.45) is 0 Å². The highest BCUT2D eigenvalue weighted by molar-refractivity contribution is 7.89. The Hall–Kier alpha value is -3.06. The van der Waals surface area contributed by atoms with Gasteiger partial charge in [-0.25, -0.2) is 13.4 Å². The molecule has 0 spiro atoms. The van der Waals surface area contributed by atoms with Gasteiger partial charge in [0.15, 0.2) is 5.13 Å². The Morgan fingerprint density at radius 2 is 1.59 bits per heavy atom. The number of rotatable bonds is 12. The van der Waals surface area contributed by atoms with Crippen LogP contribution in [-0.4, -0.2) is 68.8 Å². The summed E-state index contributed by atoms with van der Waals surface area (Å²) >= 11 is 1.47. The summed E-state index contributed by atoms with van der Waals surface area (Å²) in [5, 5.41) is 18.4. The molecule has 0 aliphatic carbocycles. The molecule has 0 fully saturated rings. The Morgan fingerprint density at radius 1 is 0.974 bits per heavy atom. The first-order valence-corrected chi connectivity index (χ1v) is 14.5. The van der Waals surface area contributed by atoms with E-state index in [0.29, 0.717) is 17.2 Å². The first kappa shape index (κ1) is 32.2. The van der Waals surface area contributed by atoms with E-state index in [1.807, 2.05) is 46.1 Å². The van der Waals surface area contributed by atoms with Gasteiger partial charge in [-0.05, 0) is 82.4 Å². The minimum atomic E-state index is -3.92. The second-order valence-corrected chi connectivity index (χ2v) is 12.2. The summed E-state index contributed by atoms with van der Waals surface area (Å²) in [6.45, 7) is 5.30. The van der Waals surface area contributed by atoms with Crippen LogP contribution in [0.3, 0.4) is 0 Å². The molecule has 12 heteroatoms. The molecule has 208 valence electrons.